The molecule has 2 rings (SSSR count). The van der Waals surface area contributed by atoms with E-state index >= 15 is 0 Å². The SMILES string of the molecule is Cc1cnn([C@H](C)[C@H](C)NC[C@H](O)CN2CCC(C)CC2)c1. The molecule has 1 aliphatic heterocycles. The van der Waals surface area contributed by atoms with Gasteiger partial charge in [-0.05, 0) is 58.2 Å². The summed E-state index contributed by atoms with van der Waals surface area (Å²) >= 11 is 0. The van der Waals surface area contributed by atoms with E-state index in [9.17, 15) is 5.11 Å². The van der Waals surface area contributed by atoms with Crippen molar-refractivity contribution < 1.29 is 5.11 Å². The zero-order valence-electron chi connectivity index (χ0n) is 14.5. The standard InChI is InChI=1S/C17H32N4O/c1-13-5-7-20(8-6-13)12-17(22)10-18-15(3)16(4)21-11-14(2)9-19-21/h9,11,13,15-18,22H,5-8,10,12H2,1-4H3/t15-,16+,17-/m0/s1. The minimum absolute atomic E-state index is 0.273. The Morgan fingerprint density at radius 1 is 1.36 bits per heavy atom. The van der Waals surface area contributed by atoms with Gasteiger partial charge in [0.25, 0.3) is 0 Å². The first-order valence-electron chi connectivity index (χ1n) is 8.60. The molecule has 1 saturated heterocycles. The van der Waals surface area contributed by atoms with Gasteiger partial charge < -0.3 is 15.3 Å². The largest absolute Gasteiger partial charge is 0.390 e. The molecular weight excluding hydrogens is 276 g/mol. The first-order valence-corrected chi connectivity index (χ1v) is 8.60. The zero-order chi connectivity index (χ0) is 16.1. The molecule has 22 heavy (non-hydrogen) atoms. The number of aliphatic hydroxyl groups excluding tert-OH is 1. The van der Waals surface area contributed by atoms with Crippen LogP contribution in [0.15, 0.2) is 12.4 Å². The van der Waals surface area contributed by atoms with Gasteiger partial charge in [0.15, 0.2) is 0 Å². The maximum Gasteiger partial charge on any atom is 0.0791 e. The average Bonchev–Trinajstić information content (AvgIpc) is 2.93. The molecule has 2 heterocycles. The Morgan fingerprint density at radius 3 is 2.64 bits per heavy atom. The third-order valence-electron chi connectivity index (χ3n) is 4.89. The van der Waals surface area contributed by atoms with Crippen molar-refractivity contribution in [3.05, 3.63) is 18.0 Å². The molecule has 0 bridgehead atoms. The van der Waals surface area contributed by atoms with Crippen molar-refractivity contribution in [2.45, 2.75) is 58.7 Å². The number of aromatic nitrogens is 2. The van der Waals surface area contributed by atoms with Gasteiger partial charge in [0.1, 0.15) is 0 Å². The lowest BCUT2D eigenvalue weighted by Crippen LogP contribution is -2.44. The predicted octanol–water partition coefficient (Wildman–Crippen LogP) is 1.82. The van der Waals surface area contributed by atoms with E-state index in [0.717, 1.165) is 25.6 Å². The fourth-order valence-corrected chi connectivity index (χ4v) is 2.98. The molecule has 0 spiro atoms. The lowest BCUT2D eigenvalue weighted by molar-refractivity contribution is 0.0877. The van der Waals surface area contributed by atoms with Crippen LogP contribution in [0, 0.1) is 12.8 Å². The molecule has 2 N–H and O–H groups in total. The number of β-amino-alcohol motifs (C(OH)–C–C–N with tert-alkyl or cyclic N) is 1. The van der Waals surface area contributed by atoms with Crippen molar-refractivity contribution in [3.63, 3.8) is 0 Å². The van der Waals surface area contributed by atoms with Crippen LogP contribution in [-0.2, 0) is 0 Å². The summed E-state index contributed by atoms with van der Waals surface area (Å²) in [7, 11) is 0. The number of nitrogens with zero attached hydrogens (tertiary/aromatic N) is 3. The van der Waals surface area contributed by atoms with Gasteiger partial charge in [0, 0.05) is 25.3 Å². The van der Waals surface area contributed by atoms with Crippen LogP contribution in [0.4, 0.5) is 0 Å². The highest BCUT2D eigenvalue weighted by atomic mass is 16.3. The Hall–Kier alpha value is -0.910. The topological polar surface area (TPSA) is 53.3 Å². The van der Waals surface area contributed by atoms with Gasteiger partial charge in [0.2, 0.25) is 0 Å². The molecule has 0 saturated carbocycles. The Kier molecular flexibility index (Phi) is 6.41. The first-order chi connectivity index (χ1) is 10.5. The van der Waals surface area contributed by atoms with Gasteiger partial charge in [0.05, 0.1) is 18.3 Å². The average molecular weight is 308 g/mol. The molecular formula is C17H32N4O. The number of aryl methyl sites for hydroxylation is 1. The van der Waals surface area contributed by atoms with E-state index in [2.05, 4.69) is 49.2 Å². The van der Waals surface area contributed by atoms with Crippen molar-refractivity contribution in [3.8, 4) is 0 Å². The fraction of sp³-hybridized carbons (Fsp3) is 0.824. The van der Waals surface area contributed by atoms with Crippen LogP contribution in [0.5, 0.6) is 0 Å². The lowest BCUT2D eigenvalue weighted by atomic mass is 9.99. The Morgan fingerprint density at radius 2 is 2.05 bits per heavy atom. The van der Waals surface area contributed by atoms with Crippen molar-refractivity contribution >= 4 is 0 Å². The van der Waals surface area contributed by atoms with Gasteiger partial charge in [-0.15, -0.1) is 0 Å². The molecule has 1 aromatic rings. The van der Waals surface area contributed by atoms with Gasteiger partial charge in [-0.25, -0.2) is 0 Å². The molecule has 0 amide bonds. The number of hydrogen-bond donors (Lipinski definition) is 2. The number of likely N-dealkylation sites (tertiary alicyclic amines) is 1. The Bertz CT molecular complexity index is 440. The van der Waals surface area contributed by atoms with Crippen LogP contribution in [0.25, 0.3) is 0 Å². The first kappa shape index (κ1) is 17.4. The number of hydrogen-bond acceptors (Lipinski definition) is 4. The van der Waals surface area contributed by atoms with E-state index in [1.165, 1.54) is 18.4 Å². The molecule has 0 unspecified atom stereocenters. The smallest absolute Gasteiger partial charge is 0.0791 e. The van der Waals surface area contributed by atoms with Gasteiger partial charge >= 0.3 is 0 Å². The van der Waals surface area contributed by atoms with Crippen LogP contribution >= 0.6 is 0 Å². The summed E-state index contributed by atoms with van der Waals surface area (Å²) in [6.07, 6.45) is 6.16. The van der Waals surface area contributed by atoms with Crippen molar-refractivity contribution in [1.29, 1.82) is 0 Å². The predicted molar refractivity (Wildman–Crippen MR) is 90.0 cm³/mol. The second-order valence-corrected chi connectivity index (χ2v) is 7.07. The van der Waals surface area contributed by atoms with Crippen LogP contribution in [-0.4, -0.2) is 58.1 Å². The molecule has 1 aromatic heterocycles. The Labute approximate surface area is 134 Å². The third-order valence-corrected chi connectivity index (χ3v) is 4.89. The summed E-state index contributed by atoms with van der Waals surface area (Å²) in [5.74, 6) is 0.838. The highest BCUT2D eigenvalue weighted by Crippen LogP contribution is 2.16. The second kappa shape index (κ2) is 8.09. The zero-order valence-corrected chi connectivity index (χ0v) is 14.5. The fourth-order valence-electron chi connectivity index (χ4n) is 2.98. The number of rotatable bonds is 7. The van der Waals surface area contributed by atoms with Crippen molar-refractivity contribution in [1.82, 2.24) is 20.0 Å². The molecule has 0 radical (unpaired) electrons. The summed E-state index contributed by atoms with van der Waals surface area (Å²) in [6.45, 7) is 12.3. The summed E-state index contributed by atoms with van der Waals surface area (Å²) in [5, 5.41) is 18.1. The normalized spacial score (nSPS) is 21.7. The number of piperidine rings is 1. The number of aliphatic hydroxyl groups is 1. The lowest BCUT2D eigenvalue weighted by Gasteiger charge is -2.32. The van der Waals surface area contributed by atoms with Gasteiger partial charge in [-0.1, -0.05) is 6.92 Å². The summed E-state index contributed by atoms with van der Waals surface area (Å²) in [5.41, 5.74) is 1.18. The quantitative estimate of drug-likeness (QED) is 0.807. The van der Waals surface area contributed by atoms with Crippen LogP contribution in [0.3, 0.4) is 0 Å². The molecule has 1 aliphatic rings. The van der Waals surface area contributed by atoms with E-state index in [0.29, 0.717) is 6.54 Å². The summed E-state index contributed by atoms with van der Waals surface area (Å²) < 4.78 is 1.99. The third kappa shape index (κ3) is 5.07. The van der Waals surface area contributed by atoms with E-state index in [-0.39, 0.29) is 18.2 Å². The molecule has 5 nitrogen and oxygen atoms in total. The van der Waals surface area contributed by atoms with Crippen molar-refractivity contribution in [2.24, 2.45) is 5.92 Å². The Balaban J connectivity index is 1.70. The number of nitrogens with one attached hydrogen (secondary N) is 1. The monoisotopic (exact) mass is 308 g/mol. The minimum atomic E-state index is -0.303. The van der Waals surface area contributed by atoms with E-state index in [1.54, 1.807) is 0 Å². The van der Waals surface area contributed by atoms with E-state index in [4.69, 9.17) is 0 Å². The summed E-state index contributed by atoms with van der Waals surface area (Å²) in [4.78, 5) is 2.39. The summed E-state index contributed by atoms with van der Waals surface area (Å²) in [6, 6.07) is 0.548. The molecule has 0 aromatic carbocycles. The maximum atomic E-state index is 10.2. The maximum absolute atomic E-state index is 10.2. The minimum Gasteiger partial charge on any atom is -0.390 e. The molecule has 0 aliphatic carbocycles. The van der Waals surface area contributed by atoms with E-state index < -0.39 is 0 Å². The molecule has 1 fully saturated rings. The van der Waals surface area contributed by atoms with Crippen LogP contribution < -0.4 is 5.32 Å². The van der Waals surface area contributed by atoms with Crippen LogP contribution in [0.1, 0.15) is 45.2 Å². The molecule has 3 atom stereocenters. The van der Waals surface area contributed by atoms with E-state index in [1.807, 2.05) is 10.9 Å². The van der Waals surface area contributed by atoms with Gasteiger partial charge in [-0.2, -0.15) is 5.10 Å². The second-order valence-electron chi connectivity index (χ2n) is 7.07. The highest BCUT2D eigenvalue weighted by molar-refractivity contribution is 5.00. The van der Waals surface area contributed by atoms with Crippen molar-refractivity contribution in [2.75, 3.05) is 26.2 Å². The van der Waals surface area contributed by atoms with Gasteiger partial charge in [-0.3, -0.25) is 4.68 Å². The molecule has 126 valence electrons. The highest BCUT2D eigenvalue weighted by Gasteiger charge is 2.20. The van der Waals surface area contributed by atoms with Crippen LogP contribution in [0.2, 0.25) is 0 Å². The molecule has 5 heteroatoms.